The summed E-state index contributed by atoms with van der Waals surface area (Å²) in [4.78, 5) is 17.4. The van der Waals surface area contributed by atoms with Gasteiger partial charge in [0, 0.05) is 63.6 Å². The van der Waals surface area contributed by atoms with Crippen LogP contribution in [0.15, 0.2) is 54.7 Å². The Bertz CT molecular complexity index is 1130. The van der Waals surface area contributed by atoms with Crippen molar-refractivity contribution in [2.24, 2.45) is 0 Å². The lowest BCUT2D eigenvalue weighted by molar-refractivity contribution is -0.120. The number of hydrogen-bond donors (Lipinski definition) is 1. The second kappa shape index (κ2) is 12.0. The van der Waals surface area contributed by atoms with Crippen molar-refractivity contribution in [3.8, 4) is 0 Å². The maximum absolute atomic E-state index is 13.1. The van der Waals surface area contributed by atoms with Crippen LogP contribution in [0.1, 0.15) is 30.0 Å². The largest absolute Gasteiger partial charge is 0.379 e. The Morgan fingerprint density at radius 3 is 2.42 bits per heavy atom. The maximum Gasteiger partial charge on any atom is 0.224 e. The van der Waals surface area contributed by atoms with Crippen molar-refractivity contribution in [2.75, 3.05) is 59.0 Å². The molecule has 6 nitrogen and oxygen atoms in total. The molecule has 1 N–H and O–H groups in total. The van der Waals surface area contributed by atoms with Crippen LogP contribution in [0.2, 0.25) is 0 Å². The van der Waals surface area contributed by atoms with Gasteiger partial charge < -0.3 is 19.5 Å². The molecule has 0 radical (unpaired) electrons. The van der Waals surface area contributed by atoms with Crippen LogP contribution in [-0.4, -0.2) is 79.3 Å². The lowest BCUT2D eigenvalue weighted by atomic mass is 10.0. The molecule has 3 aromatic rings. The molecular weight excluding hydrogens is 455 g/mol. The number of morpholine rings is 1. The molecule has 2 aromatic carbocycles. The van der Waals surface area contributed by atoms with Crippen LogP contribution in [0, 0.1) is 5.82 Å². The first-order chi connectivity index (χ1) is 17.6. The molecule has 1 aromatic heterocycles. The zero-order chi connectivity index (χ0) is 24.7. The molecule has 5 rings (SSSR count). The molecule has 36 heavy (non-hydrogen) atoms. The minimum atomic E-state index is -0.175. The number of ether oxygens (including phenoxy) is 1. The molecule has 192 valence electrons. The topological polar surface area (TPSA) is 49.7 Å². The fraction of sp³-hybridized carbons (Fsp3) is 0.483. The molecule has 0 bridgehead atoms. The SMILES string of the molecule is O=C(Cc1ccc2ccn(C3CCN(CCc4ccc(F)cc4)CC3)c2c1)NCCN1CCOCC1. The zero-order valence-electron chi connectivity index (χ0n) is 21.0. The summed E-state index contributed by atoms with van der Waals surface area (Å²) in [5.41, 5.74) is 3.47. The number of likely N-dealkylation sites (tertiary alicyclic amines) is 1. The molecule has 0 spiro atoms. The van der Waals surface area contributed by atoms with Gasteiger partial charge in [-0.15, -0.1) is 0 Å². The second-order valence-corrected chi connectivity index (χ2v) is 10.0. The number of hydrogen-bond acceptors (Lipinski definition) is 4. The third-order valence-electron chi connectivity index (χ3n) is 7.59. The van der Waals surface area contributed by atoms with Gasteiger partial charge >= 0.3 is 0 Å². The van der Waals surface area contributed by atoms with Gasteiger partial charge in [0.2, 0.25) is 5.91 Å². The number of fused-ring (bicyclic) bond motifs is 1. The van der Waals surface area contributed by atoms with E-state index in [-0.39, 0.29) is 11.7 Å². The summed E-state index contributed by atoms with van der Waals surface area (Å²) in [5.74, 6) is -0.0961. The van der Waals surface area contributed by atoms with Gasteiger partial charge in [-0.1, -0.05) is 24.3 Å². The van der Waals surface area contributed by atoms with Crippen LogP contribution in [0.25, 0.3) is 10.9 Å². The van der Waals surface area contributed by atoms with Crippen LogP contribution in [0.3, 0.4) is 0 Å². The quantitative estimate of drug-likeness (QED) is 0.496. The highest BCUT2D eigenvalue weighted by atomic mass is 19.1. The van der Waals surface area contributed by atoms with Crippen molar-refractivity contribution in [3.05, 3.63) is 71.7 Å². The highest BCUT2D eigenvalue weighted by Crippen LogP contribution is 2.28. The number of rotatable bonds is 9. The first kappa shape index (κ1) is 24.9. The Morgan fingerprint density at radius 1 is 0.917 bits per heavy atom. The van der Waals surface area contributed by atoms with Crippen LogP contribution in [-0.2, 0) is 22.4 Å². The Kier molecular flexibility index (Phi) is 8.31. The van der Waals surface area contributed by atoms with E-state index in [9.17, 15) is 9.18 Å². The van der Waals surface area contributed by atoms with Gasteiger partial charge in [-0.3, -0.25) is 9.69 Å². The lowest BCUT2D eigenvalue weighted by Gasteiger charge is -2.33. The standard InChI is InChI=1S/C29H37FN4O2/c30-26-5-2-23(3-6-26)7-12-32-13-9-27(10-14-32)34-15-8-25-4-1-24(21-28(25)34)22-29(35)31-11-16-33-17-19-36-20-18-33/h1-6,8,15,21,27H,7,9-14,16-20,22H2,(H,31,35). The predicted molar refractivity (Wildman–Crippen MR) is 141 cm³/mol. The molecule has 3 heterocycles. The maximum atomic E-state index is 13.1. The van der Waals surface area contributed by atoms with Gasteiger partial charge in [0.1, 0.15) is 5.82 Å². The Balaban J connectivity index is 1.12. The minimum Gasteiger partial charge on any atom is -0.379 e. The van der Waals surface area contributed by atoms with Crippen molar-refractivity contribution in [1.29, 1.82) is 0 Å². The number of nitrogens with zero attached hydrogens (tertiary/aromatic N) is 3. The van der Waals surface area contributed by atoms with Crippen LogP contribution in [0.5, 0.6) is 0 Å². The predicted octanol–water partition coefficient (Wildman–Crippen LogP) is 3.65. The first-order valence-electron chi connectivity index (χ1n) is 13.3. The molecule has 2 fully saturated rings. The van der Waals surface area contributed by atoms with E-state index in [1.165, 1.54) is 16.5 Å². The van der Waals surface area contributed by atoms with E-state index in [2.05, 4.69) is 50.1 Å². The van der Waals surface area contributed by atoms with Gasteiger partial charge in [-0.2, -0.15) is 0 Å². The average Bonchev–Trinajstić information content (AvgIpc) is 3.32. The molecule has 2 aliphatic rings. The number of piperidine rings is 1. The molecule has 0 atom stereocenters. The third-order valence-corrected chi connectivity index (χ3v) is 7.59. The summed E-state index contributed by atoms with van der Waals surface area (Å²) >= 11 is 0. The number of nitrogens with one attached hydrogen (secondary N) is 1. The highest BCUT2D eigenvalue weighted by molar-refractivity contribution is 5.84. The lowest BCUT2D eigenvalue weighted by Crippen LogP contribution is -2.41. The average molecular weight is 493 g/mol. The molecular formula is C29H37FN4O2. The summed E-state index contributed by atoms with van der Waals surface area (Å²) in [5, 5.41) is 4.30. The molecule has 1 amide bonds. The van der Waals surface area contributed by atoms with E-state index in [1.807, 2.05) is 12.1 Å². The van der Waals surface area contributed by atoms with Crippen LogP contribution >= 0.6 is 0 Å². The second-order valence-electron chi connectivity index (χ2n) is 10.0. The van der Waals surface area contributed by atoms with Crippen molar-refractivity contribution >= 4 is 16.8 Å². The molecule has 2 saturated heterocycles. The fourth-order valence-corrected chi connectivity index (χ4v) is 5.41. The molecule has 7 heteroatoms. The van der Waals surface area contributed by atoms with E-state index in [0.717, 1.165) is 77.3 Å². The number of carbonyl (C=O) groups is 1. The summed E-state index contributed by atoms with van der Waals surface area (Å²) in [6.07, 6.45) is 5.79. The summed E-state index contributed by atoms with van der Waals surface area (Å²) in [6, 6.07) is 15.9. The monoisotopic (exact) mass is 492 g/mol. The first-order valence-corrected chi connectivity index (χ1v) is 13.3. The van der Waals surface area contributed by atoms with E-state index >= 15 is 0 Å². The van der Waals surface area contributed by atoms with Crippen molar-refractivity contribution in [1.82, 2.24) is 19.7 Å². The van der Waals surface area contributed by atoms with Crippen molar-refractivity contribution < 1.29 is 13.9 Å². The summed E-state index contributed by atoms with van der Waals surface area (Å²) in [6.45, 7) is 8.14. The highest BCUT2D eigenvalue weighted by Gasteiger charge is 2.21. The normalized spacial score (nSPS) is 18.0. The van der Waals surface area contributed by atoms with Gasteiger partial charge in [0.25, 0.3) is 0 Å². The summed E-state index contributed by atoms with van der Waals surface area (Å²) in [7, 11) is 0. The van der Waals surface area contributed by atoms with Crippen molar-refractivity contribution in [3.63, 3.8) is 0 Å². The number of aromatic nitrogens is 1. The molecule has 2 aliphatic heterocycles. The molecule has 0 aliphatic carbocycles. The fourth-order valence-electron chi connectivity index (χ4n) is 5.41. The minimum absolute atomic E-state index is 0.0789. The Morgan fingerprint density at radius 2 is 1.64 bits per heavy atom. The van der Waals surface area contributed by atoms with Gasteiger partial charge in [0.15, 0.2) is 0 Å². The van der Waals surface area contributed by atoms with Crippen LogP contribution < -0.4 is 5.32 Å². The Hall–Kier alpha value is -2.74. The third kappa shape index (κ3) is 6.52. The molecule has 0 unspecified atom stereocenters. The van der Waals surface area contributed by atoms with Crippen molar-refractivity contribution in [2.45, 2.75) is 31.7 Å². The number of halogens is 1. The van der Waals surface area contributed by atoms with E-state index in [0.29, 0.717) is 19.0 Å². The Labute approximate surface area is 213 Å². The molecule has 0 saturated carbocycles. The van der Waals surface area contributed by atoms with E-state index < -0.39 is 0 Å². The van der Waals surface area contributed by atoms with E-state index in [1.54, 1.807) is 12.1 Å². The number of carbonyl (C=O) groups excluding carboxylic acids is 1. The summed E-state index contributed by atoms with van der Waals surface area (Å²) < 4.78 is 20.9. The van der Waals surface area contributed by atoms with Gasteiger partial charge in [0.05, 0.1) is 19.6 Å². The van der Waals surface area contributed by atoms with Gasteiger partial charge in [-0.25, -0.2) is 4.39 Å². The van der Waals surface area contributed by atoms with E-state index in [4.69, 9.17) is 4.74 Å². The van der Waals surface area contributed by atoms with Crippen LogP contribution in [0.4, 0.5) is 4.39 Å². The zero-order valence-corrected chi connectivity index (χ0v) is 21.0. The number of benzene rings is 2. The number of amides is 1. The smallest absolute Gasteiger partial charge is 0.224 e. The van der Waals surface area contributed by atoms with Gasteiger partial charge in [-0.05, 0) is 60.0 Å².